The Morgan fingerprint density at radius 1 is 0.932 bits per heavy atom. The molecular formula is C32H27F2N5O5. The van der Waals surface area contributed by atoms with Crippen molar-refractivity contribution in [3.8, 4) is 22.9 Å². The maximum atomic E-state index is 14.8. The molecular weight excluding hydrogens is 572 g/mol. The highest BCUT2D eigenvalue weighted by molar-refractivity contribution is 6.07. The number of hydrogen-bond donors (Lipinski definition) is 2. The van der Waals surface area contributed by atoms with Crippen LogP contribution in [0, 0.1) is 11.6 Å². The van der Waals surface area contributed by atoms with E-state index in [-0.39, 0.29) is 42.4 Å². The minimum atomic E-state index is -1.24. The van der Waals surface area contributed by atoms with Crippen molar-refractivity contribution in [1.82, 2.24) is 25.5 Å². The molecule has 44 heavy (non-hydrogen) atoms. The third-order valence-corrected chi connectivity index (χ3v) is 7.89. The molecule has 0 aliphatic carbocycles. The van der Waals surface area contributed by atoms with Crippen molar-refractivity contribution in [2.24, 2.45) is 0 Å². The highest BCUT2D eigenvalue weighted by Crippen LogP contribution is 2.34. The number of nitrogens with one attached hydrogen (secondary N) is 2. The molecule has 1 aromatic heterocycles. The number of carbonyl (C=O) groups excluding carboxylic acids is 3. The number of carbonyl (C=O) groups is 3. The van der Waals surface area contributed by atoms with E-state index in [1.54, 1.807) is 61.4 Å². The molecule has 1 fully saturated rings. The number of amides is 4. The molecule has 1 saturated heterocycles. The molecule has 0 unspecified atom stereocenters. The molecule has 0 radical (unpaired) electrons. The van der Waals surface area contributed by atoms with Crippen LogP contribution in [0.4, 0.5) is 13.6 Å². The Labute approximate surface area is 251 Å². The van der Waals surface area contributed by atoms with Crippen molar-refractivity contribution >= 4 is 17.8 Å². The van der Waals surface area contributed by atoms with Crippen LogP contribution >= 0.6 is 0 Å². The average Bonchev–Trinajstić information content (AvgIpc) is 3.46. The van der Waals surface area contributed by atoms with Gasteiger partial charge in [-0.1, -0.05) is 30.3 Å². The molecule has 2 aliphatic rings. The lowest BCUT2D eigenvalue weighted by Crippen LogP contribution is -2.40. The maximum Gasteiger partial charge on any atom is 0.322 e. The molecule has 6 rings (SSSR count). The summed E-state index contributed by atoms with van der Waals surface area (Å²) in [4.78, 5) is 48.5. The molecule has 10 nitrogen and oxygen atoms in total. The van der Waals surface area contributed by atoms with Gasteiger partial charge in [-0.2, -0.15) is 0 Å². The fourth-order valence-electron chi connectivity index (χ4n) is 5.49. The van der Waals surface area contributed by atoms with Crippen LogP contribution in [-0.2, 0) is 29.8 Å². The van der Waals surface area contributed by atoms with Gasteiger partial charge < -0.3 is 19.7 Å². The number of hydrogen-bond acceptors (Lipinski definition) is 7. The molecule has 3 aromatic carbocycles. The zero-order valence-electron chi connectivity index (χ0n) is 24.0. The summed E-state index contributed by atoms with van der Waals surface area (Å²) in [5.74, 6) is -1.48. The Bertz CT molecular complexity index is 1810. The second kappa shape index (κ2) is 11.0. The van der Waals surface area contributed by atoms with Gasteiger partial charge in [-0.05, 0) is 42.3 Å². The van der Waals surface area contributed by atoms with Crippen molar-refractivity contribution in [3.05, 3.63) is 106 Å². The number of imide groups is 1. The van der Waals surface area contributed by atoms with Gasteiger partial charge in [-0.3, -0.25) is 14.9 Å². The highest BCUT2D eigenvalue weighted by atomic mass is 19.1. The van der Waals surface area contributed by atoms with E-state index in [1.807, 2.05) is 0 Å². The lowest BCUT2D eigenvalue weighted by atomic mass is 9.91. The smallest absolute Gasteiger partial charge is 0.322 e. The van der Waals surface area contributed by atoms with Gasteiger partial charge in [0.2, 0.25) is 0 Å². The second-order valence-electron chi connectivity index (χ2n) is 10.7. The number of aromatic nitrogens is 2. The first-order valence-corrected chi connectivity index (χ1v) is 13.7. The van der Waals surface area contributed by atoms with Crippen LogP contribution in [0.25, 0.3) is 11.4 Å². The van der Waals surface area contributed by atoms with Crippen molar-refractivity contribution in [2.75, 3.05) is 14.2 Å². The average molecular weight is 600 g/mol. The van der Waals surface area contributed by atoms with E-state index in [2.05, 4.69) is 20.6 Å². The first-order valence-electron chi connectivity index (χ1n) is 13.7. The third-order valence-electron chi connectivity index (χ3n) is 7.89. The predicted octanol–water partition coefficient (Wildman–Crippen LogP) is 4.24. The first-order chi connectivity index (χ1) is 21.1. The van der Waals surface area contributed by atoms with E-state index in [4.69, 9.17) is 9.47 Å². The van der Waals surface area contributed by atoms with E-state index < -0.39 is 29.1 Å². The molecule has 224 valence electrons. The summed E-state index contributed by atoms with van der Waals surface area (Å²) in [6, 6.07) is 15.1. The summed E-state index contributed by atoms with van der Waals surface area (Å²) >= 11 is 0. The van der Waals surface area contributed by atoms with Gasteiger partial charge in [-0.15, -0.1) is 0 Å². The SMILES string of the molecule is COc1ccc(CN2Cc3nc(-c4c(F)cccc4F)nc(Cc4ccc([C@@]5(C)NC(=O)NC5=O)cc4)c3C2=O)c(OC)c1. The molecule has 4 aromatic rings. The topological polar surface area (TPSA) is 123 Å². The normalized spacial score (nSPS) is 17.4. The van der Waals surface area contributed by atoms with Crippen molar-refractivity contribution in [3.63, 3.8) is 0 Å². The largest absolute Gasteiger partial charge is 0.497 e. The van der Waals surface area contributed by atoms with E-state index >= 15 is 0 Å². The van der Waals surface area contributed by atoms with Crippen LogP contribution in [0.5, 0.6) is 11.5 Å². The van der Waals surface area contributed by atoms with E-state index in [1.165, 1.54) is 13.2 Å². The van der Waals surface area contributed by atoms with Gasteiger partial charge in [0, 0.05) is 18.1 Å². The molecule has 0 bridgehead atoms. The van der Waals surface area contributed by atoms with E-state index in [0.29, 0.717) is 34.0 Å². The van der Waals surface area contributed by atoms with Gasteiger partial charge in [-0.25, -0.2) is 23.5 Å². The zero-order valence-corrected chi connectivity index (χ0v) is 24.0. The highest BCUT2D eigenvalue weighted by Gasteiger charge is 2.43. The maximum absolute atomic E-state index is 14.8. The van der Waals surface area contributed by atoms with Crippen molar-refractivity contribution < 1.29 is 32.6 Å². The fourth-order valence-corrected chi connectivity index (χ4v) is 5.49. The van der Waals surface area contributed by atoms with Crippen LogP contribution in [-0.4, -0.2) is 46.9 Å². The summed E-state index contributed by atoms with van der Waals surface area (Å²) in [5.41, 5.74) is 1.29. The first kappa shape index (κ1) is 28.7. The van der Waals surface area contributed by atoms with E-state index in [9.17, 15) is 23.2 Å². The number of halogens is 2. The summed E-state index contributed by atoms with van der Waals surface area (Å²) in [7, 11) is 3.07. The predicted molar refractivity (Wildman–Crippen MR) is 154 cm³/mol. The van der Waals surface area contributed by atoms with Crippen molar-refractivity contribution in [1.29, 1.82) is 0 Å². The number of ether oxygens (including phenoxy) is 2. The Morgan fingerprint density at radius 3 is 2.30 bits per heavy atom. The standard InChI is InChI=1S/C32H27F2N5O5/c1-32(30(41)37-31(42)38-32)19-10-7-17(8-11-19)13-23-27-24(36-28(35-23)26-21(33)5-4-6-22(26)34)16-39(29(27)40)15-18-9-12-20(43-2)14-25(18)44-3/h4-12,14H,13,15-16H2,1-3H3,(H2,37,38,41,42)/t32-/m1/s1. The Balaban J connectivity index is 1.37. The fraction of sp³-hybridized carbons (Fsp3) is 0.219. The monoisotopic (exact) mass is 599 g/mol. The minimum absolute atomic E-state index is 0.0913. The zero-order chi connectivity index (χ0) is 31.2. The second-order valence-corrected chi connectivity index (χ2v) is 10.7. The number of rotatable bonds is 8. The summed E-state index contributed by atoms with van der Waals surface area (Å²) in [6.45, 7) is 1.88. The lowest BCUT2D eigenvalue weighted by Gasteiger charge is -2.21. The molecule has 12 heteroatoms. The molecule has 1 atom stereocenters. The molecule has 2 N–H and O–H groups in total. The minimum Gasteiger partial charge on any atom is -0.497 e. The third kappa shape index (κ3) is 4.97. The molecule has 4 amide bonds. The van der Waals surface area contributed by atoms with Crippen LogP contribution in [0.15, 0.2) is 60.7 Å². The van der Waals surface area contributed by atoms with Crippen LogP contribution in [0.1, 0.15) is 45.4 Å². The number of methoxy groups -OCH3 is 2. The lowest BCUT2D eigenvalue weighted by molar-refractivity contribution is -0.123. The summed E-state index contributed by atoms with van der Waals surface area (Å²) in [5, 5.41) is 4.86. The van der Waals surface area contributed by atoms with Gasteiger partial charge in [0.25, 0.3) is 11.8 Å². The van der Waals surface area contributed by atoms with Crippen molar-refractivity contribution in [2.45, 2.75) is 32.0 Å². The summed E-state index contributed by atoms with van der Waals surface area (Å²) < 4.78 is 40.5. The molecule has 0 spiro atoms. The van der Waals surface area contributed by atoms with E-state index in [0.717, 1.165) is 17.7 Å². The number of fused-ring (bicyclic) bond motifs is 1. The van der Waals surface area contributed by atoms with Gasteiger partial charge in [0.05, 0.1) is 49.8 Å². The number of nitrogens with zero attached hydrogens (tertiary/aromatic N) is 3. The van der Waals surface area contributed by atoms with Crippen LogP contribution in [0.3, 0.4) is 0 Å². The Morgan fingerprint density at radius 2 is 1.66 bits per heavy atom. The number of benzene rings is 3. The van der Waals surface area contributed by atoms with Crippen LogP contribution < -0.4 is 20.1 Å². The van der Waals surface area contributed by atoms with Gasteiger partial charge in [0.15, 0.2) is 5.82 Å². The van der Waals surface area contributed by atoms with Gasteiger partial charge in [0.1, 0.15) is 28.7 Å². The molecule has 0 saturated carbocycles. The number of urea groups is 1. The quantitative estimate of drug-likeness (QED) is 0.291. The summed E-state index contributed by atoms with van der Waals surface area (Å²) in [6.07, 6.45) is 0.134. The molecule has 2 aliphatic heterocycles. The Hall–Kier alpha value is -5.39. The Kier molecular flexibility index (Phi) is 7.20. The molecule has 3 heterocycles. The van der Waals surface area contributed by atoms with Gasteiger partial charge >= 0.3 is 6.03 Å². The van der Waals surface area contributed by atoms with Crippen LogP contribution in [0.2, 0.25) is 0 Å².